The maximum atomic E-state index is 10.3. The molecule has 3 nitrogen and oxygen atoms in total. The molecule has 0 aliphatic rings. The second-order valence-electron chi connectivity index (χ2n) is 2.37. The fraction of sp³-hybridized carbons (Fsp3) is 0. The maximum Gasteiger partial charge on any atom is 0.101 e. The number of rotatable bonds is 2. The molecular weight excluding hydrogens is 166 g/mol. The predicted octanol–water partition coefficient (Wildman–Crippen LogP) is 0.343. The van der Waals surface area contributed by atoms with Crippen LogP contribution in [0.15, 0.2) is 35.9 Å². The van der Waals surface area contributed by atoms with Crippen molar-refractivity contribution in [2.24, 2.45) is 0 Å². The number of nitrogens with zero attached hydrogens (tertiary/aromatic N) is 1. The molecule has 0 heterocycles. The van der Waals surface area contributed by atoms with Gasteiger partial charge in [-0.15, -0.1) is 0 Å². The Kier molecular flexibility index (Phi) is 2.82. The molecule has 0 saturated heterocycles. The first kappa shape index (κ1) is 9.01. The van der Waals surface area contributed by atoms with Crippen LogP contribution >= 0.6 is 0 Å². The highest BCUT2D eigenvalue weighted by Gasteiger charge is 1.95. The Morgan fingerprint density at radius 1 is 1.38 bits per heavy atom. The van der Waals surface area contributed by atoms with Gasteiger partial charge in [0.2, 0.25) is 0 Å². The molecule has 0 saturated carbocycles. The zero-order valence-corrected chi connectivity index (χ0v) is 6.73. The van der Waals surface area contributed by atoms with Gasteiger partial charge in [0.25, 0.3) is 0 Å². The standard InChI is InChI=1S/C10H7NO2/c11-7-9(10(12)13)6-8-4-2-1-3-5-8/h1-6H,(H,12,13)/p-1/b9-6-. The second kappa shape index (κ2) is 4.07. The molecule has 0 aliphatic heterocycles. The minimum absolute atomic E-state index is 0.369. The van der Waals surface area contributed by atoms with E-state index in [-0.39, 0.29) is 5.57 Å². The second-order valence-corrected chi connectivity index (χ2v) is 2.37. The third-order valence-electron chi connectivity index (χ3n) is 1.45. The van der Waals surface area contributed by atoms with Crippen molar-refractivity contribution in [1.82, 2.24) is 0 Å². The topological polar surface area (TPSA) is 63.9 Å². The van der Waals surface area contributed by atoms with Crippen molar-refractivity contribution in [2.75, 3.05) is 0 Å². The van der Waals surface area contributed by atoms with Crippen LogP contribution in [-0.2, 0) is 4.79 Å². The molecule has 0 unspecified atom stereocenters. The van der Waals surface area contributed by atoms with Crippen LogP contribution in [0, 0.1) is 11.3 Å². The first-order valence-electron chi connectivity index (χ1n) is 3.62. The summed E-state index contributed by atoms with van der Waals surface area (Å²) in [5.74, 6) is -1.45. The Labute approximate surface area is 75.5 Å². The molecule has 1 rings (SSSR count). The predicted molar refractivity (Wildman–Crippen MR) is 45.0 cm³/mol. The molecule has 0 radical (unpaired) electrons. The maximum absolute atomic E-state index is 10.3. The van der Waals surface area contributed by atoms with Crippen molar-refractivity contribution in [1.29, 1.82) is 5.26 Å². The number of carbonyl (C=O) groups excluding carboxylic acids is 1. The molecule has 0 aliphatic carbocycles. The van der Waals surface area contributed by atoms with Crippen molar-refractivity contribution in [3.05, 3.63) is 41.5 Å². The third kappa shape index (κ3) is 2.46. The molecule has 0 spiro atoms. The molecule has 0 fully saturated rings. The molecule has 3 heteroatoms. The molecule has 0 atom stereocenters. The fourth-order valence-electron chi connectivity index (χ4n) is 0.853. The Balaban J connectivity index is 3.01. The van der Waals surface area contributed by atoms with Gasteiger partial charge in [-0.1, -0.05) is 30.3 Å². The first-order valence-corrected chi connectivity index (χ1v) is 3.62. The summed E-state index contributed by atoms with van der Waals surface area (Å²) in [6, 6.07) is 10.3. The number of carboxylic acid groups (broad SMARTS) is 1. The van der Waals surface area contributed by atoms with Crippen LogP contribution < -0.4 is 5.11 Å². The number of nitriles is 1. The molecule has 13 heavy (non-hydrogen) atoms. The summed E-state index contributed by atoms with van der Waals surface area (Å²) in [5.41, 5.74) is 0.300. The van der Waals surface area contributed by atoms with E-state index < -0.39 is 5.97 Å². The van der Waals surface area contributed by atoms with Gasteiger partial charge in [0.1, 0.15) is 6.07 Å². The van der Waals surface area contributed by atoms with Gasteiger partial charge in [0.15, 0.2) is 0 Å². The lowest BCUT2D eigenvalue weighted by molar-refractivity contribution is -0.298. The highest BCUT2D eigenvalue weighted by atomic mass is 16.4. The van der Waals surface area contributed by atoms with Gasteiger partial charge in [-0.3, -0.25) is 0 Å². The van der Waals surface area contributed by atoms with Crippen LogP contribution in [0.2, 0.25) is 0 Å². The van der Waals surface area contributed by atoms with Crippen LogP contribution in [0.25, 0.3) is 6.08 Å². The third-order valence-corrected chi connectivity index (χ3v) is 1.45. The number of hydrogen-bond donors (Lipinski definition) is 0. The lowest BCUT2D eigenvalue weighted by atomic mass is 10.1. The highest BCUT2D eigenvalue weighted by Crippen LogP contribution is 2.04. The van der Waals surface area contributed by atoms with Gasteiger partial charge in [-0.2, -0.15) is 5.26 Å². The minimum Gasteiger partial charge on any atom is -0.544 e. The SMILES string of the molecule is N#C/C(=C/c1ccccc1)C(=O)[O-]. The van der Waals surface area contributed by atoms with E-state index in [4.69, 9.17) is 5.26 Å². The van der Waals surface area contributed by atoms with Gasteiger partial charge in [-0.05, 0) is 11.6 Å². The number of benzene rings is 1. The summed E-state index contributed by atoms with van der Waals surface area (Å²) < 4.78 is 0. The summed E-state index contributed by atoms with van der Waals surface area (Å²) in [7, 11) is 0. The van der Waals surface area contributed by atoms with E-state index in [1.54, 1.807) is 30.3 Å². The van der Waals surface area contributed by atoms with E-state index in [1.807, 2.05) is 6.07 Å². The summed E-state index contributed by atoms with van der Waals surface area (Å²) in [6.07, 6.45) is 1.27. The van der Waals surface area contributed by atoms with Gasteiger partial charge >= 0.3 is 0 Å². The van der Waals surface area contributed by atoms with E-state index in [0.29, 0.717) is 5.56 Å². The molecule has 1 aromatic carbocycles. The van der Waals surface area contributed by atoms with Crippen LogP contribution in [-0.4, -0.2) is 5.97 Å². The van der Waals surface area contributed by atoms with E-state index >= 15 is 0 Å². The van der Waals surface area contributed by atoms with E-state index in [1.165, 1.54) is 6.08 Å². The van der Waals surface area contributed by atoms with Gasteiger partial charge in [0, 0.05) is 0 Å². The van der Waals surface area contributed by atoms with E-state index in [9.17, 15) is 9.90 Å². The van der Waals surface area contributed by atoms with Crippen molar-refractivity contribution in [3.8, 4) is 6.07 Å². The number of aliphatic carboxylic acids is 1. The Morgan fingerprint density at radius 2 is 2.00 bits per heavy atom. The minimum atomic E-state index is -1.45. The molecule has 0 aromatic heterocycles. The van der Waals surface area contributed by atoms with Crippen LogP contribution in [0.4, 0.5) is 0 Å². The fourth-order valence-corrected chi connectivity index (χ4v) is 0.853. The zero-order chi connectivity index (χ0) is 9.68. The molecular formula is C10H6NO2-. The van der Waals surface area contributed by atoms with Crippen molar-refractivity contribution < 1.29 is 9.90 Å². The average Bonchev–Trinajstić information content (AvgIpc) is 2.15. The number of carbonyl (C=O) groups is 1. The van der Waals surface area contributed by atoms with Crippen LogP contribution in [0.5, 0.6) is 0 Å². The first-order chi connectivity index (χ1) is 6.24. The molecule has 1 aromatic rings. The molecule has 0 amide bonds. The monoisotopic (exact) mass is 172 g/mol. The van der Waals surface area contributed by atoms with E-state index in [2.05, 4.69) is 0 Å². The Hall–Kier alpha value is -2.08. The van der Waals surface area contributed by atoms with Crippen molar-refractivity contribution in [3.63, 3.8) is 0 Å². The molecule has 0 bridgehead atoms. The zero-order valence-electron chi connectivity index (χ0n) is 6.73. The quantitative estimate of drug-likeness (QED) is 0.477. The lowest BCUT2D eigenvalue weighted by Crippen LogP contribution is -2.23. The smallest absolute Gasteiger partial charge is 0.101 e. The number of hydrogen-bond acceptors (Lipinski definition) is 3. The highest BCUT2D eigenvalue weighted by molar-refractivity contribution is 5.94. The lowest BCUT2D eigenvalue weighted by Gasteiger charge is -1.98. The molecule has 0 N–H and O–H groups in total. The number of carboxylic acids is 1. The normalized spacial score (nSPS) is 10.5. The summed E-state index contributed by atoms with van der Waals surface area (Å²) in [6.45, 7) is 0. The van der Waals surface area contributed by atoms with E-state index in [0.717, 1.165) is 0 Å². The Bertz CT molecular complexity index is 374. The molecule has 64 valence electrons. The summed E-state index contributed by atoms with van der Waals surface area (Å²) >= 11 is 0. The van der Waals surface area contributed by atoms with Gasteiger partial charge < -0.3 is 9.90 Å². The average molecular weight is 172 g/mol. The summed E-state index contributed by atoms with van der Waals surface area (Å²) in [5, 5.41) is 18.8. The Morgan fingerprint density at radius 3 is 2.46 bits per heavy atom. The van der Waals surface area contributed by atoms with Gasteiger partial charge in [-0.25, -0.2) is 0 Å². The van der Waals surface area contributed by atoms with Crippen molar-refractivity contribution >= 4 is 12.0 Å². The van der Waals surface area contributed by atoms with Gasteiger partial charge in [0.05, 0.1) is 11.5 Å². The largest absolute Gasteiger partial charge is 0.544 e. The summed E-state index contributed by atoms with van der Waals surface area (Å²) in [4.78, 5) is 10.3. The van der Waals surface area contributed by atoms with Crippen LogP contribution in [0.1, 0.15) is 5.56 Å². The van der Waals surface area contributed by atoms with Crippen molar-refractivity contribution in [2.45, 2.75) is 0 Å². The van der Waals surface area contributed by atoms with Crippen LogP contribution in [0.3, 0.4) is 0 Å².